The molecule has 216 valence electrons. The van der Waals surface area contributed by atoms with Crippen LogP contribution in [0, 0.1) is 16.7 Å². The maximum Gasteiger partial charge on any atom is 0.274 e. The Morgan fingerprint density at radius 3 is 2.69 bits per heavy atom. The Morgan fingerprint density at radius 1 is 1.21 bits per heavy atom. The zero-order valence-corrected chi connectivity index (χ0v) is 28.1. The summed E-state index contributed by atoms with van der Waals surface area (Å²) in [6.45, 7) is 12.7. The first-order valence-corrected chi connectivity index (χ1v) is 16.5. The van der Waals surface area contributed by atoms with Crippen molar-refractivity contribution in [2.45, 2.75) is 67.3 Å². The van der Waals surface area contributed by atoms with E-state index in [1.54, 1.807) is 23.8 Å². The molecule has 3 heterocycles. The second-order valence-electron chi connectivity index (χ2n) is 12.3. The fraction of sp³-hybridized carbons (Fsp3) is 0.690. The molecule has 1 aliphatic carbocycles. The molecule has 0 aromatic carbocycles. The number of hydrogen-bond acceptors (Lipinski definition) is 5. The van der Waals surface area contributed by atoms with Crippen molar-refractivity contribution in [2.75, 3.05) is 39.9 Å². The van der Waals surface area contributed by atoms with Gasteiger partial charge in [-0.3, -0.25) is 14.0 Å². The minimum Gasteiger partial charge on any atom is -0.385 e. The number of carbonyl (C=O) groups excluding carboxylic acids is 2. The molecule has 4 rings (SSSR count). The number of hydrogen-bond donors (Lipinski definition) is 2. The Hall–Kier alpha value is -0.990. The molecule has 0 spiro atoms. The van der Waals surface area contributed by atoms with Crippen LogP contribution in [-0.2, 0) is 4.74 Å². The number of ether oxygens (including phenoxy) is 1. The van der Waals surface area contributed by atoms with Crippen LogP contribution in [0.25, 0.3) is 5.65 Å². The SMILES string of the molecule is COCCCN(C(=O)c1cn2c(C(=O)NC[C@@H]3CC[C@@H](I)C(C)(C)[C@H]3I)cccc2n1)C1CCNCC1(C)C. The fourth-order valence-corrected chi connectivity index (χ4v) is 8.62. The van der Waals surface area contributed by atoms with Gasteiger partial charge in [-0.2, -0.15) is 0 Å². The summed E-state index contributed by atoms with van der Waals surface area (Å²) < 4.78 is 8.17. The average Bonchev–Trinajstić information content (AvgIpc) is 3.34. The quantitative estimate of drug-likeness (QED) is 0.214. The summed E-state index contributed by atoms with van der Waals surface area (Å²) in [6, 6.07) is 5.59. The number of fused-ring (bicyclic) bond motifs is 1. The summed E-state index contributed by atoms with van der Waals surface area (Å²) in [6.07, 6.45) is 5.67. The molecule has 1 unspecified atom stereocenters. The highest BCUT2D eigenvalue weighted by Gasteiger charge is 2.43. The number of piperidine rings is 1. The van der Waals surface area contributed by atoms with Crippen LogP contribution in [-0.4, -0.2) is 79.9 Å². The van der Waals surface area contributed by atoms with Gasteiger partial charge in [-0.05, 0) is 61.1 Å². The molecule has 2 amide bonds. The van der Waals surface area contributed by atoms with Gasteiger partial charge in [0.1, 0.15) is 17.0 Å². The smallest absolute Gasteiger partial charge is 0.274 e. The highest BCUT2D eigenvalue weighted by Crippen LogP contribution is 2.47. The zero-order valence-electron chi connectivity index (χ0n) is 23.8. The highest BCUT2D eigenvalue weighted by atomic mass is 127. The number of halogens is 2. The fourth-order valence-electron chi connectivity index (χ4n) is 6.14. The summed E-state index contributed by atoms with van der Waals surface area (Å²) in [4.78, 5) is 34.0. The van der Waals surface area contributed by atoms with Gasteiger partial charge in [-0.1, -0.05) is 78.9 Å². The molecule has 10 heteroatoms. The molecule has 0 bridgehead atoms. The zero-order chi connectivity index (χ0) is 28.4. The third-order valence-corrected chi connectivity index (χ3v) is 13.5. The normalized spacial score (nSPS) is 26.3. The van der Waals surface area contributed by atoms with E-state index in [9.17, 15) is 9.59 Å². The van der Waals surface area contributed by atoms with Gasteiger partial charge >= 0.3 is 0 Å². The number of methoxy groups -OCH3 is 1. The molecule has 2 fully saturated rings. The molecular weight excluding hydrogens is 720 g/mol. The van der Waals surface area contributed by atoms with Crippen molar-refractivity contribution in [3.63, 3.8) is 0 Å². The van der Waals surface area contributed by atoms with Gasteiger partial charge in [0.05, 0.1) is 0 Å². The third-order valence-electron chi connectivity index (χ3n) is 8.65. The van der Waals surface area contributed by atoms with Gasteiger partial charge in [-0.25, -0.2) is 4.98 Å². The molecular formula is C29H43I2N5O3. The van der Waals surface area contributed by atoms with E-state index in [4.69, 9.17) is 4.74 Å². The summed E-state index contributed by atoms with van der Waals surface area (Å²) in [5, 5.41) is 6.66. The Bertz CT molecular complexity index is 1170. The van der Waals surface area contributed by atoms with Crippen LogP contribution in [0.3, 0.4) is 0 Å². The Kier molecular flexibility index (Phi) is 10.2. The number of pyridine rings is 1. The second kappa shape index (κ2) is 12.9. The second-order valence-corrected chi connectivity index (χ2v) is 15.2. The summed E-state index contributed by atoms with van der Waals surface area (Å²) >= 11 is 5.16. The van der Waals surface area contributed by atoms with Crippen molar-refractivity contribution in [1.82, 2.24) is 24.9 Å². The standard InChI is InChI=1S/C29H43I2N5O3/c1-28(2)18-32-13-12-23(28)35(14-7-15-39-5)27(38)20-17-36-21(8-6-9-24(36)34-20)26(37)33-16-19-10-11-22(30)29(3,4)25(19)31/h6,8-9,17,19,22-23,25,32H,7,10-16,18H2,1-5H3,(H,33,37)/t19-,22+,23?,25-/m0/s1. The molecule has 4 atom stereocenters. The van der Waals surface area contributed by atoms with Crippen LogP contribution in [0.1, 0.15) is 74.4 Å². The molecule has 8 nitrogen and oxygen atoms in total. The van der Waals surface area contributed by atoms with E-state index in [0.29, 0.717) is 50.5 Å². The van der Waals surface area contributed by atoms with Gasteiger partial charge < -0.3 is 20.3 Å². The first-order chi connectivity index (χ1) is 18.5. The van der Waals surface area contributed by atoms with Crippen molar-refractivity contribution in [1.29, 1.82) is 0 Å². The lowest BCUT2D eigenvalue weighted by molar-refractivity contribution is 0.0352. The summed E-state index contributed by atoms with van der Waals surface area (Å²) in [5.74, 6) is 0.210. The van der Waals surface area contributed by atoms with E-state index in [-0.39, 0.29) is 28.7 Å². The predicted molar refractivity (Wildman–Crippen MR) is 172 cm³/mol. The maximum absolute atomic E-state index is 13.9. The Labute approximate surface area is 260 Å². The van der Waals surface area contributed by atoms with Crippen LogP contribution in [0.2, 0.25) is 0 Å². The number of rotatable bonds is 9. The van der Waals surface area contributed by atoms with Gasteiger partial charge in [0.25, 0.3) is 11.8 Å². The van der Waals surface area contributed by atoms with Crippen molar-refractivity contribution in [2.24, 2.45) is 16.7 Å². The molecule has 2 aliphatic rings. The Morgan fingerprint density at radius 2 is 1.97 bits per heavy atom. The van der Waals surface area contributed by atoms with E-state index >= 15 is 0 Å². The topological polar surface area (TPSA) is 88.0 Å². The van der Waals surface area contributed by atoms with Gasteiger partial charge in [-0.15, -0.1) is 0 Å². The molecule has 2 N–H and O–H groups in total. The van der Waals surface area contributed by atoms with E-state index < -0.39 is 0 Å². The minimum atomic E-state index is -0.133. The van der Waals surface area contributed by atoms with Crippen LogP contribution in [0.15, 0.2) is 24.4 Å². The van der Waals surface area contributed by atoms with Crippen LogP contribution >= 0.6 is 45.2 Å². The lowest BCUT2D eigenvalue weighted by atomic mass is 9.72. The molecule has 1 aliphatic heterocycles. The average molecular weight is 764 g/mol. The predicted octanol–water partition coefficient (Wildman–Crippen LogP) is 4.97. The van der Waals surface area contributed by atoms with Crippen LogP contribution in [0.4, 0.5) is 0 Å². The summed E-state index contributed by atoms with van der Waals surface area (Å²) in [7, 11) is 1.69. The first kappa shape index (κ1) is 31.0. The molecule has 2 aromatic rings. The Balaban J connectivity index is 1.54. The number of nitrogens with one attached hydrogen (secondary N) is 2. The number of aromatic nitrogens is 2. The lowest BCUT2D eigenvalue weighted by Gasteiger charge is -2.45. The number of imidazole rings is 1. The third kappa shape index (κ3) is 6.74. The van der Waals surface area contributed by atoms with Gasteiger partial charge in [0.15, 0.2) is 0 Å². The van der Waals surface area contributed by atoms with Gasteiger partial charge in [0.2, 0.25) is 0 Å². The first-order valence-electron chi connectivity index (χ1n) is 14.0. The van der Waals surface area contributed by atoms with E-state index in [0.717, 1.165) is 32.4 Å². The van der Waals surface area contributed by atoms with Crippen molar-refractivity contribution >= 4 is 62.6 Å². The van der Waals surface area contributed by atoms with E-state index in [1.807, 2.05) is 17.0 Å². The highest BCUT2D eigenvalue weighted by molar-refractivity contribution is 14.1. The molecule has 1 saturated carbocycles. The van der Waals surface area contributed by atoms with E-state index in [1.165, 1.54) is 6.42 Å². The van der Waals surface area contributed by atoms with Crippen molar-refractivity contribution in [3.8, 4) is 0 Å². The number of nitrogens with zero attached hydrogens (tertiary/aromatic N) is 3. The van der Waals surface area contributed by atoms with Crippen molar-refractivity contribution < 1.29 is 14.3 Å². The van der Waals surface area contributed by atoms with Crippen LogP contribution < -0.4 is 10.6 Å². The van der Waals surface area contributed by atoms with Gasteiger partial charge in [0, 0.05) is 53.4 Å². The number of carbonyl (C=O) groups is 2. The van der Waals surface area contributed by atoms with Crippen LogP contribution in [0.5, 0.6) is 0 Å². The lowest BCUT2D eigenvalue weighted by Crippen LogP contribution is -2.56. The minimum absolute atomic E-state index is 0.0628. The summed E-state index contributed by atoms with van der Waals surface area (Å²) in [5.41, 5.74) is 1.64. The molecule has 2 aromatic heterocycles. The van der Waals surface area contributed by atoms with Crippen molar-refractivity contribution in [3.05, 3.63) is 35.8 Å². The molecule has 1 saturated heterocycles. The number of alkyl halides is 2. The molecule has 39 heavy (non-hydrogen) atoms. The largest absolute Gasteiger partial charge is 0.385 e. The van der Waals surface area contributed by atoms with E-state index in [2.05, 4.69) is 88.5 Å². The maximum atomic E-state index is 13.9. The monoisotopic (exact) mass is 763 g/mol. The number of amides is 2. The molecule has 0 radical (unpaired) electrons.